The number of hydrogen-bond acceptors (Lipinski definition) is 4. The highest BCUT2D eigenvalue weighted by molar-refractivity contribution is 5.07. The number of rotatable bonds is 2. The first kappa shape index (κ1) is 10.1. The van der Waals surface area contributed by atoms with Crippen molar-refractivity contribution in [2.24, 2.45) is 0 Å². The fraction of sp³-hybridized carbons (Fsp3) is 0.800. The molecule has 0 radical (unpaired) electrons. The lowest BCUT2D eigenvalue weighted by Crippen LogP contribution is -2.42. The Balaban J connectivity index is 2.16. The summed E-state index contributed by atoms with van der Waals surface area (Å²) in [5, 5.41) is 0. The maximum Gasteiger partial charge on any atom is 0.241 e. The van der Waals surface area contributed by atoms with Gasteiger partial charge in [0, 0.05) is 0 Å². The molecule has 2 aliphatic heterocycles. The van der Waals surface area contributed by atoms with Crippen molar-refractivity contribution in [2.75, 3.05) is 26.4 Å². The van der Waals surface area contributed by atoms with Crippen LogP contribution in [0.15, 0.2) is 11.6 Å². The summed E-state index contributed by atoms with van der Waals surface area (Å²) in [6.45, 7) is 6.40. The van der Waals surface area contributed by atoms with Gasteiger partial charge < -0.3 is 18.9 Å². The third-order valence-corrected chi connectivity index (χ3v) is 2.18. The normalized spacial score (nSPS) is 26.7. The molecule has 0 aliphatic carbocycles. The molecule has 0 bridgehead atoms. The van der Waals surface area contributed by atoms with Gasteiger partial charge in [-0.2, -0.15) is 0 Å². The van der Waals surface area contributed by atoms with Crippen molar-refractivity contribution in [3.05, 3.63) is 11.6 Å². The smallest absolute Gasteiger partial charge is 0.241 e. The molecule has 80 valence electrons. The third kappa shape index (κ3) is 1.83. The van der Waals surface area contributed by atoms with Crippen LogP contribution in [0.1, 0.15) is 13.8 Å². The van der Waals surface area contributed by atoms with Gasteiger partial charge in [-0.25, -0.2) is 0 Å². The summed E-state index contributed by atoms with van der Waals surface area (Å²) in [5.74, 6) is -0.810. The lowest BCUT2D eigenvalue weighted by molar-refractivity contribution is -0.253. The van der Waals surface area contributed by atoms with Gasteiger partial charge in [0.2, 0.25) is 12.1 Å². The van der Waals surface area contributed by atoms with Crippen LogP contribution in [0.5, 0.6) is 0 Å². The molecule has 2 saturated heterocycles. The Kier molecular flexibility index (Phi) is 2.88. The number of allylic oxidation sites excluding steroid dienone is 1. The Labute approximate surface area is 83.8 Å². The van der Waals surface area contributed by atoms with Gasteiger partial charge >= 0.3 is 0 Å². The number of ether oxygens (including phenoxy) is 4. The molecular formula is C10H16O4. The fourth-order valence-electron chi connectivity index (χ4n) is 1.72. The Morgan fingerprint density at radius 3 is 2.14 bits per heavy atom. The second-order valence-electron chi connectivity index (χ2n) is 3.71. The van der Waals surface area contributed by atoms with Gasteiger partial charge in [-0.1, -0.05) is 5.57 Å². The molecule has 2 rings (SSSR count). The van der Waals surface area contributed by atoms with E-state index in [1.54, 1.807) is 0 Å². The van der Waals surface area contributed by atoms with Crippen LogP contribution in [0.3, 0.4) is 0 Å². The Morgan fingerprint density at radius 2 is 1.64 bits per heavy atom. The van der Waals surface area contributed by atoms with E-state index in [0.29, 0.717) is 26.4 Å². The van der Waals surface area contributed by atoms with E-state index >= 15 is 0 Å². The zero-order valence-corrected chi connectivity index (χ0v) is 8.62. The van der Waals surface area contributed by atoms with Crippen molar-refractivity contribution < 1.29 is 18.9 Å². The van der Waals surface area contributed by atoms with Crippen molar-refractivity contribution in [3.8, 4) is 0 Å². The summed E-state index contributed by atoms with van der Waals surface area (Å²) in [5.41, 5.74) is 1.13. The minimum atomic E-state index is -0.810. The van der Waals surface area contributed by atoms with Crippen LogP contribution >= 0.6 is 0 Å². The van der Waals surface area contributed by atoms with Crippen LogP contribution in [0.2, 0.25) is 0 Å². The molecule has 0 aromatic rings. The first-order valence-corrected chi connectivity index (χ1v) is 4.90. The molecule has 0 spiro atoms. The van der Waals surface area contributed by atoms with E-state index in [-0.39, 0.29) is 0 Å². The predicted octanol–water partition coefficient (Wildman–Crippen LogP) is 1.07. The van der Waals surface area contributed by atoms with Crippen LogP contribution in [0, 0.1) is 0 Å². The molecule has 0 N–H and O–H groups in total. The highest BCUT2D eigenvalue weighted by atomic mass is 16.8. The third-order valence-electron chi connectivity index (χ3n) is 2.18. The van der Waals surface area contributed by atoms with E-state index < -0.39 is 12.1 Å². The average molecular weight is 200 g/mol. The summed E-state index contributed by atoms with van der Waals surface area (Å²) in [6.07, 6.45) is 1.51. The average Bonchev–Trinajstić information content (AvgIpc) is 2.69. The molecule has 0 unspecified atom stereocenters. The van der Waals surface area contributed by atoms with Crippen LogP contribution in [-0.4, -0.2) is 38.5 Å². The first-order chi connectivity index (χ1) is 6.73. The predicted molar refractivity (Wildman–Crippen MR) is 49.8 cm³/mol. The van der Waals surface area contributed by atoms with Gasteiger partial charge in [-0.05, 0) is 19.9 Å². The van der Waals surface area contributed by atoms with Gasteiger partial charge in [0.25, 0.3) is 0 Å². The maximum atomic E-state index is 5.59. The van der Waals surface area contributed by atoms with Crippen molar-refractivity contribution in [3.63, 3.8) is 0 Å². The van der Waals surface area contributed by atoms with Gasteiger partial charge in [0.15, 0.2) is 0 Å². The first-order valence-electron chi connectivity index (χ1n) is 4.90. The Hall–Kier alpha value is -0.420. The molecular weight excluding hydrogens is 184 g/mol. The molecule has 0 atom stereocenters. The molecule has 0 amide bonds. The molecule has 14 heavy (non-hydrogen) atoms. The zero-order chi connectivity index (χ0) is 10.0. The summed E-state index contributed by atoms with van der Waals surface area (Å²) in [4.78, 5) is 0. The summed E-state index contributed by atoms with van der Waals surface area (Å²) in [6, 6.07) is 0. The quantitative estimate of drug-likeness (QED) is 0.625. The molecule has 2 heterocycles. The maximum absolute atomic E-state index is 5.59. The van der Waals surface area contributed by atoms with Gasteiger partial charge in [-0.3, -0.25) is 0 Å². The standard InChI is InChI=1S/C10H16O4/c1-8(2)7-10(13-5-6-14-10)9-11-3-4-12-9/h7,9H,3-6H2,1-2H3. The monoisotopic (exact) mass is 200 g/mol. The van der Waals surface area contributed by atoms with Crippen LogP contribution in [-0.2, 0) is 18.9 Å². The molecule has 0 saturated carbocycles. The van der Waals surface area contributed by atoms with Gasteiger partial charge in [0.05, 0.1) is 26.4 Å². The van der Waals surface area contributed by atoms with Gasteiger partial charge in [0.1, 0.15) is 0 Å². The Morgan fingerprint density at radius 1 is 1.07 bits per heavy atom. The molecule has 0 aromatic heterocycles. The second-order valence-corrected chi connectivity index (χ2v) is 3.71. The van der Waals surface area contributed by atoms with Crippen LogP contribution in [0.4, 0.5) is 0 Å². The van der Waals surface area contributed by atoms with E-state index in [4.69, 9.17) is 18.9 Å². The minimum absolute atomic E-state index is 0.417. The van der Waals surface area contributed by atoms with E-state index in [9.17, 15) is 0 Å². The second kappa shape index (κ2) is 3.98. The zero-order valence-electron chi connectivity index (χ0n) is 8.62. The van der Waals surface area contributed by atoms with Crippen molar-refractivity contribution in [1.29, 1.82) is 0 Å². The topological polar surface area (TPSA) is 36.9 Å². The Bertz CT molecular complexity index is 220. The van der Waals surface area contributed by atoms with E-state index in [0.717, 1.165) is 5.57 Å². The van der Waals surface area contributed by atoms with Crippen molar-refractivity contribution in [2.45, 2.75) is 25.9 Å². The summed E-state index contributed by atoms with van der Waals surface area (Å²) >= 11 is 0. The van der Waals surface area contributed by atoms with Gasteiger partial charge in [-0.15, -0.1) is 0 Å². The highest BCUT2D eigenvalue weighted by Gasteiger charge is 2.46. The highest BCUT2D eigenvalue weighted by Crippen LogP contribution is 2.31. The molecule has 4 nitrogen and oxygen atoms in total. The largest absolute Gasteiger partial charge is 0.345 e. The number of hydrogen-bond donors (Lipinski definition) is 0. The summed E-state index contributed by atoms with van der Waals surface area (Å²) < 4.78 is 22.0. The van der Waals surface area contributed by atoms with Crippen molar-refractivity contribution >= 4 is 0 Å². The van der Waals surface area contributed by atoms with Crippen molar-refractivity contribution in [1.82, 2.24) is 0 Å². The molecule has 0 aromatic carbocycles. The lowest BCUT2D eigenvalue weighted by atomic mass is 10.2. The van der Waals surface area contributed by atoms with Crippen LogP contribution < -0.4 is 0 Å². The lowest BCUT2D eigenvalue weighted by Gasteiger charge is -2.28. The molecule has 2 fully saturated rings. The van der Waals surface area contributed by atoms with E-state index in [2.05, 4.69) is 0 Å². The molecule has 2 aliphatic rings. The van der Waals surface area contributed by atoms with E-state index in [1.807, 2.05) is 19.9 Å². The summed E-state index contributed by atoms with van der Waals surface area (Å²) in [7, 11) is 0. The van der Waals surface area contributed by atoms with Crippen LogP contribution in [0.25, 0.3) is 0 Å². The molecule has 4 heteroatoms. The fourth-order valence-corrected chi connectivity index (χ4v) is 1.72. The SMILES string of the molecule is CC(C)=CC1(C2OCCO2)OCCO1. The minimum Gasteiger partial charge on any atom is -0.345 e. The van der Waals surface area contributed by atoms with E-state index in [1.165, 1.54) is 0 Å².